The number of nitrogens with zero attached hydrogens (tertiary/aromatic N) is 5. The number of H-pyrrole nitrogens is 2. The third-order valence-corrected chi connectivity index (χ3v) is 2.81. The molecular formula is C15H16N8O3. The zero-order valence-electron chi connectivity index (χ0n) is 14.0. The van der Waals surface area contributed by atoms with E-state index in [9.17, 15) is 14.4 Å². The summed E-state index contributed by atoms with van der Waals surface area (Å²) in [7, 11) is 3.38. The van der Waals surface area contributed by atoms with Crippen molar-refractivity contribution < 1.29 is 9.59 Å². The number of carbonyl (C=O) groups excluding carboxylic acids is 2. The molecule has 0 spiro atoms. The second-order valence-corrected chi connectivity index (χ2v) is 5.10. The van der Waals surface area contributed by atoms with Crippen LogP contribution >= 0.6 is 0 Å². The molecule has 0 fully saturated rings. The summed E-state index contributed by atoms with van der Waals surface area (Å²) >= 11 is 0. The van der Waals surface area contributed by atoms with Crippen LogP contribution in [0.4, 0.5) is 5.95 Å². The van der Waals surface area contributed by atoms with Gasteiger partial charge in [0.2, 0.25) is 6.41 Å². The number of hydrogen-bond acceptors (Lipinski definition) is 7. The molecule has 0 aliphatic heterocycles. The monoisotopic (exact) mass is 356 g/mol. The molecule has 0 saturated carbocycles. The first-order valence-corrected chi connectivity index (χ1v) is 7.33. The number of carbonyl (C=O) groups is 2. The van der Waals surface area contributed by atoms with E-state index in [1.165, 1.54) is 11.0 Å². The standard InChI is InChI=1S/C12H9N7O2.C3H7NO/c20-9-6-8(7-4-2-1-3-5-7)13-10(14-9)11(21)15-12-16-18-19-17-12;1-4(2)3-5/h1-6H,(H,13,14,20)(H2,15,16,17,18,19,21);3H,1-2H3. The molecule has 2 amide bonds. The van der Waals surface area contributed by atoms with Gasteiger partial charge in [-0.2, -0.15) is 5.21 Å². The largest absolute Gasteiger partial charge is 0.351 e. The van der Waals surface area contributed by atoms with Gasteiger partial charge in [0, 0.05) is 25.7 Å². The number of aromatic amines is 2. The molecule has 0 atom stereocenters. The molecule has 11 heteroatoms. The summed E-state index contributed by atoms with van der Waals surface area (Å²) < 4.78 is 0. The molecule has 0 saturated heterocycles. The highest BCUT2D eigenvalue weighted by molar-refractivity contribution is 6.00. The minimum absolute atomic E-state index is 0.00670. The lowest BCUT2D eigenvalue weighted by Crippen LogP contribution is -2.21. The average Bonchev–Trinajstić information content (AvgIpc) is 3.15. The number of tetrazole rings is 1. The Labute approximate surface area is 147 Å². The second-order valence-electron chi connectivity index (χ2n) is 5.10. The molecule has 134 valence electrons. The zero-order valence-corrected chi connectivity index (χ0v) is 14.0. The number of nitrogens with one attached hydrogen (secondary N) is 3. The fourth-order valence-corrected chi connectivity index (χ4v) is 1.70. The van der Waals surface area contributed by atoms with Crippen LogP contribution in [0.1, 0.15) is 10.6 Å². The molecule has 11 nitrogen and oxygen atoms in total. The van der Waals surface area contributed by atoms with Crippen molar-refractivity contribution in [3.8, 4) is 11.3 Å². The highest BCUT2D eigenvalue weighted by Gasteiger charge is 2.13. The van der Waals surface area contributed by atoms with E-state index in [1.54, 1.807) is 26.2 Å². The van der Waals surface area contributed by atoms with Crippen LogP contribution in [-0.4, -0.2) is 61.9 Å². The number of amides is 2. The van der Waals surface area contributed by atoms with Crippen molar-refractivity contribution >= 4 is 18.3 Å². The molecule has 0 aliphatic rings. The molecule has 26 heavy (non-hydrogen) atoms. The Bertz CT molecular complexity index is 906. The van der Waals surface area contributed by atoms with Crippen LogP contribution in [0.25, 0.3) is 11.3 Å². The highest BCUT2D eigenvalue weighted by atomic mass is 16.2. The van der Waals surface area contributed by atoms with Crippen LogP contribution < -0.4 is 10.9 Å². The van der Waals surface area contributed by atoms with Crippen molar-refractivity contribution in [1.29, 1.82) is 0 Å². The number of hydrogen-bond donors (Lipinski definition) is 3. The van der Waals surface area contributed by atoms with Crippen LogP contribution in [0.3, 0.4) is 0 Å². The lowest BCUT2D eigenvalue weighted by atomic mass is 10.1. The molecule has 3 aromatic rings. The molecule has 2 heterocycles. The number of anilines is 1. The molecule has 1 aromatic carbocycles. The molecule has 3 rings (SSSR count). The number of benzene rings is 1. The number of aromatic nitrogens is 6. The Hall–Kier alpha value is -3.89. The Balaban J connectivity index is 0.000000431. The van der Waals surface area contributed by atoms with E-state index in [2.05, 4.69) is 35.9 Å². The third kappa shape index (κ3) is 5.33. The first-order chi connectivity index (χ1) is 12.5. The minimum Gasteiger partial charge on any atom is -0.351 e. The second kappa shape index (κ2) is 8.82. The van der Waals surface area contributed by atoms with Crippen molar-refractivity contribution in [2.24, 2.45) is 0 Å². The van der Waals surface area contributed by atoms with Crippen molar-refractivity contribution in [2.45, 2.75) is 0 Å². The molecule has 0 bridgehead atoms. The zero-order chi connectivity index (χ0) is 18.9. The van der Waals surface area contributed by atoms with Gasteiger partial charge in [-0.3, -0.25) is 19.7 Å². The summed E-state index contributed by atoms with van der Waals surface area (Å²) in [6.45, 7) is 0. The maximum Gasteiger partial charge on any atom is 0.294 e. The average molecular weight is 356 g/mol. The predicted molar refractivity (Wildman–Crippen MR) is 92.2 cm³/mol. The van der Waals surface area contributed by atoms with Gasteiger partial charge in [0.15, 0.2) is 5.82 Å². The van der Waals surface area contributed by atoms with Gasteiger partial charge in [-0.05, 0) is 5.21 Å². The van der Waals surface area contributed by atoms with Gasteiger partial charge in [-0.15, -0.1) is 5.10 Å². The number of rotatable bonds is 4. The predicted octanol–water partition coefficient (Wildman–Crippen LogP) is -0.0933. The Morgan fingerprint density at radius 1 is 1.23 bits per heavy atom. The van der Waals surface area contributed by atoms with E-state index >= 15 is 0 Å². The molecular weight excluding hydrogens is 340 g/mol. The maximum absolute atomic E-state index is 12.0. The summed E-state index contributed by atoms with van der Waals surface area (Å²) in [5.41, 5.74) is 0.705. The van der Waals surface area contributed by atoms with Crippen LogP contribution in [0.2, 0.25) is 0 Å². The Morgan fingerprint density at radius 2 is 1.92 bits per heavy atom. The van der Waals surface area contributed by atoms with Crippen LogP contribution in [-0.2, 0) is 4.79 Å². The van der Waals surface area contributed by atoms with Gasteiger partial charge in [-0.1, -0.05) is 35.4 Å². The van der Waals surface area contributed by atoms with E-state index < -0.39 is 11.5 Å². The normalized spacial score (nSPS) is 9.62. The van der Waals surface area contributed by atoms with Gasteiger partial charge in [0.1, 0.15) is 0 Å². The topological polar surface area (TPSA) is 150 Å². The van der Waals surface area contributed by atoms with E-state index in [0.29, 0.717) is 5.69 Å². The molecule has 0 unspecified atom stereocenters. The van der Waals surface area contributed by atoms with E-state index in [1.807, 2.05) is 18.2 Å². The Kier molecular flexibility index (Phi) is 6.26. The first-order valence-electron chi connectivity index (χ1n) is 7.33. The smallest absolute Gasteiger partial charge is 0.294 e. The summed E-state index contributed by atoms with van der Waals surface area (Å²) in [6, 6.07) is 10.4. The minimum atomic E-state index is -0.633. The first kappa shape index (κ1) is 18.4. The summed E-state index contributed by atoms with van der Waals surface area (Å²) in [4.78, 5) is 41.0. The molecule has 0 aliphatic carbocycles. The molecule has 3 N–H and O–H groups in total. The lowest BCUT2D eigenvalue weighted by Gasteiger charge is -2.03. The van der Waals surface area contributed by atoms with Crippen LogP contribution in [0.5, 0.6) is 0 Å². The van der Waals surface area contributed by atoms with E-state index in [4.69, 9.17) is 0 Å². The SMILES string of the molecule is CN(C)C=O.O=C(Nc1nn[nH]n1)c1nc(-c2ccccc2)cc(=O)[nH]1. The van der Waals surface area contributed by atoms with Gasteiger partial charge < -0.3 is 9.88 Å². The summed E-state index contributed by atoms with van der Waals surface area (Å²) in [5.74, 6) is -0.773. The summed E-state index contributed by atoms with van der Waals surface area (Å²) in [5, 5.41) is 15.0. The summed E-state index contributed by atoms with van der Waals surface area (Å²) in [6.07, 6.45) is 0.750. The van der Waals surface area contributed by atoms with E-state index in [-0.39, 0.29) is 11.8 Å². The van der Waals surface area contributed by atoms with Gasteiger partial charge >= 0.3 is 0 Å². The van der Waals surface area contributed by atoms with Crippen LogP contribution in [0, 0.1) is 0 Å². The van der Waals surface area contributed by atoms with Crippen LogP contribution in [0.15, 0.2) is 41.2 Å². The van der Waals surface area contributed by atoms with Crippen molar-refractivity contribution in [2.75, 3.05) is 19.4 Å². The molecule has 2 aromatic heterocycles. The fraction of sp³-hybridized carbons (Fsp3) is 0.133. The third-order valence-electron chi connectivity index (χ3n) is 2.81. The van der Waals surface area contributed by atoms with Gasteiger partial charge in [-0.25, -0.2) is 4.98 Å². The molecule has 0 radical (unpaired) electrons. The quantitative estimate of drug-likeness (QED) is 0.553. The van der Waals surface area contributed by atoms with Gasteiger partial charge in [0.05, 0.1) is 5.69 Å². The maximum atomic E-state index is 12.0. The lowest BCUT2D eigenvalue weighted by molar-refractivity contribution is -0.115. The Morgan fingerprint density at radius 3 is 2.50 bits per heavy atom. The van der Waals surface area contributed by atoms with Gasteiger partial charge in [0.25, 0.3) is 17.4 Å². The van der Waals surface area contributed by atoms with Crippen molar-refractivity contribution in [3.05, 3.63) is 52.6 Å². The highest BCUT2D eigenvalue weighted by Crippen LogP contribution is 2.14. The van der Waals surface area contributed by atoms with Crippen molar-refractivity contribution in [3.63, 3.8) is 0 Å². The van der Waals surface area contributed by atoms with E-state index in [0.717, 1.165) is 12.0 Å². The fourth-order valence-electron chi connectivity index (χ4n) is 1.70. The van der Waals surface area contributed by atoms with Crippen molar-refractivity contribution in [1.82, 2.24) is 35.5 Å².